The minimum absolute atomic E-state index is 0.0412. The first-order chi connectivity index (χ1) is 8.83. The third kappa shape index (κ3) is 2.53. The highest BCUT2D eigenvalue weighted by Gasteiger charge is 2.50. The molecule has 0 spiro atoms. The number of benzene rings is 1. The SMILES string of the molecule is CC(C)(c1ccccc1)C1(CN)CCC(F)(F)CC1. The number of alkyl halides is 2. The van der Waals surface area contributed by atoms with Crippen molar-refractivity contribution in [3.63, 3.8) is 0 Å². The number of halogens is 2. The summed E-state index contributed by atoms with van der Waals surface area (Å²) in [4.78, 5) is 0. The van der Waals surface area contributed by atoms with Gasteiger partial charge in [-0.25, -0.2) is 8.78 Å². The maximum absolute atomic E-state index is 13.4. The largest absolute Gasteiger partial charge is 0.330 e. The van der Waals surface area contributed by atoms with Crippen LogP contribution in [0.3, 0.4) is 0 Å². The highest BCUT2D eigenvalue weighted by Crippen LogP contribution is 2.53. The fourth-order valence-corrected chi connectivity index (χ4v) is 3.34. The van der Waals surface area contributed by atoms with Crippen LogP contribution in [0.15, 0.2) is 30.3 Å². The van der Waals surface area contributed by atoms with Crippen LogP contribution < -0.4 is 5.73 Å². The molecule has 1 fully saturated rings. The minimum atomic E-state index is -2.51. The van der Waals surface area contributed by atoms with E-state index in [-0.39, 0.29) is 23.7 Å². The molecule has 0 unspecified atom stereocenters. The van der Waals surface area contributed by atoms with Crippen molar-refractivity contribution in [2.24, 2.45) is 11.1 Å². The van der Waals surface area contributed by atoms with Gasteiger partial charge in [0.05, 0.1) is 0 Å². The van der Waals surface area contributed by atoms with Crippen LogP contribution in [0.4, 0.5) is 8.78 Å². The van der Waals surface area contributed by atoms with E-state index in [1.165, 1.54) is 5.56 Å². The molecule has 2 rings (SSSR count). The molecule has 1 aromatic carbocycles. The fraction of sp³-hybridized carbons (Fsp3) is 0.625. The zero-order valence-corrected chi connectivity index (χ0v) is 11.8. The normalized spacial score (nSPS) is 22.2. The molecule has 3 heteroatoms. The molecule has 2 N–H and O–H groups in total. The molecule has 0 amide bonds. The maximum Gasteiger partial charge on any atom is 0.248 e. The number of rotatable bonds is 3. The van der Waals surface area contributed by atoms with Crippen LogP contribution in [0.1, 0.15) is 45.1 Å². The first-order valence-electron chi connectivity index (χ1n) is 6.96. The van der Waals surface area contributed by atoms with Crippen molar-refractivity contribution < 1.29 is 8.78 Å². The van der Waals surface area contributed by atoms with E-state index in [9.17, 15) is 8.78 Å². The molecule has 1 aromatic rings. The smallest absolute Gasteiger partial charge is 0.248 e. The Morgan fingerprint density at radius 2 is 1.58 bits per heavy atom. The van der Waals surface area contributed by atoms with Crippen LogP contribution in [0.2, 0.25) is 0 Å². The first-order valence-corrected chi connectivity index (χ1v) is 6.96. The third-order valence-corrected chi connectivity index (χ3v) is 5.15. The molecule has 1 nitrogen and oxygen atoms in total. The lowest BCUT2D eigenvalue weighted by atomic mass is 9.55. The Balaban J connectivity index is 2.31. The van der Waals surface area contributed by atoms with Crippen LogP contribution in [0, 0.1) is 5.41 Å². The molecule has 1 aliphatic rings. The standard InChI is InChI=1S/C16H23F2N/c1-14(2,13-6-4-3-5-7-13)15(12-19)8-10-16(17,18)11-9-15/h3-7H,8-12,19H2,1-2H3. The van der Waals surface area contributed by atoms with Gasteiger partial charge in [-0.2, -0.15) is 0 Å². The summed E-state index contributed by atoms with van der Waals surface area (Å²) in [5, 5.41) is 0. The van der Waals surface area contributed by atoms with E-state index in [0.717, 1.165) is 0 Å². The van der Waals surface area contributed by atoms with Crippen molar-refractivity contribution in [1.29, 1.82) is 0 Å². The van der Waals surface area contributed by atoms with Gasteiger partial charge in [0.2, 0.25) is 5.92 Å². The van der Waals surface area contributed by atoms with Gasteiger partial charge in [-0.05, 0) is 35.8 Å². The van der Waals surface area contributed by atoms with Crippen LogP contribution >= 0.6 is 0 Å². The second-order valence-corrected chi connectivity index (χ2v) is 6.33. The van der Waals surface area contributed by atoms with Gasteiger partial charge in [0, 0.05) is 12.8 Å². The quantitative estimate of drug-likeness (QED) is 0.876. The Hall–Kier alpha value is -0.960. The van der Waals surface area contributed by atoms with E-state index >= 15 is 0 Å². The Labute approximate surface area is 114 Å². The van der Waals surface area contributed by atoms with Gasteiger partial charge in [0.1, 0.15) is 0 Å². The molecular formula is C16H23F2N. The van der Waals surface area contributed by atoms with Crippen molar-refractivity contribution in [3.05, 3.63) is 35.9 Å². The molecule has 0 atom stereocenters. The predicted molar refractivity (Wildman–Crippen MR) is 74.4 cm³/mol. The van der Waals surface area contributed by atoms with E-state index in [2.05, 4.69) is 26.0 Å². The molecule has 1 saturated carbocycles. The summed E-state index contributed by atoms with van der Waals surface area (Å²) in [7, 11) is 0. The average Bonchev–Trinajstić information content (AvgIpc) is 2.40. The fourth-order valence-electron chi connectivity index (χ4n) is 3.34. The topological polar surface area (TPSA) is 26.0 Å². The van der Waals surface area contributed by atoms with E-state index in [0.29, 0.717) is 19.4 Å². The summed E-state index contributed by atoms with van der Waals surface area (Å²) < 4.78 is 26.9. The van der Waals surface area contributed by atoms with Crippen LogP contribution in [-0.2, 0) is 5.41 Å². The molecule has 0 bridgehead atoms. The van der Waals surface area contributed by atoms with Gasteiger partial charge in [-0.3, -0.25) is 0 Å². The van der Waals surface area contributed by atoms with E-state index in [4.69, 9.17) is 5.73 Å². The summed E-state index contributed by atoms with van der Waals surface area (Å²) in [5.74, 6) is -2.51. The van der Waals surface area contributed by atoms with E-state index in [1.54, 1.807) is 0 Å². The van der Waals surface area contributed by atoms with E-state index < -0.39 is 5.92 Å². The van der Waals surface area contributed by atoms with E-state index in [1.807, 2.05) is 18.2 Å². The lowest BCUT2D eigenvalue weighted by Gasteiger charge is -2.50. The van der Waals surface area contributed by atoms with Crippen molar-refractivity contribution in [1.82, 2.24) is 0 Å². The van der Waals surface area contributed by atoms with Crippen molar-refractivity contribution in [2.45, 2.75) is 50.9 Å². The molecule has 0 aromatic heterocycles. The van der Waals surface area contributed by atoms with Gasteiger partial charge in [-0.1, -0.05) is 44.2 Å². The highest BCUT2D eigenvalue weighted by atomic mass is 19.3. The maximum atomic E-state index is 13.4. The zero-order chi connectivity index (χ0) is 14.1. The molecule has 0 heterocycles. The number of nitrogens with two attached hydrogens (primary N) is 1. The monoisotopic (exact) mass is 267 g/mol. The molecule has 1 aliphatic carbocycles. The summed E-state index contributed by atoms with van der Waals surface area (Å²) in [5.41, 5.74) is 6.78. The van der Waals surface area contributed by atoms with Crippen molar-refractivity contribution in [2.75, 3.05) is 6.54 Å². The molecular weight excluding hydrogens is 244 g/mol. The summed E-state index contributed by atoms with van der Waals surface area (Å²) in [6.45, 7) is 4.74. The van der Waals surface area contributed by atoms with Crippen molar-refractivity contribution >= 4 is 0 Å². The number of hydrogen-bond donors (Lipinski definition) is 1. The Kier molecular flexibility index (Phi) is 3.69. The zero-order valence-electron chi connectivity index (χ0n) is 11.8. The molecule has 0 radical (unpaired) electrons. The summed E-state index contributed by atoms with van der Waals surface area (Å²) in [6, 6.07) is 10.1. The van der Waals surface area contributed by atoms with Gasteiger partial charge < -0.3 is 5.73 Å². The van der Waals surface area contributed by atoms with Gasteiger partial charge in [-0.15, -0.1) is 0 Å². The second kappa shape index (κ2) is 4.86. The van der Waals surface area contributed by atoms with Gasteiger partial charge in [0.25, 0.3) is 0 Å². The Bertz CT molecular complexity index is 416. The predicted octanol–water partition coefficient (Wildman–Crippen LogP) is 4.12. The molecule has 0 aliphatic heterocycles. The van der Waals surface area contributed by atoms with Crippen LogP contribution in [0.25, 0.3) is 0 Å². The Morgan fingerprint density at radius 3 is 2.05 bits per heavy atom. The molecule has 19 heavy (non-hydrogen) atoms. The molecule has 0 saturated heterocycles. The second-order valence-electron chi connectivity index (χ2n) is 6.33. The average molecular weight is 267 g/mol. The van der Waals surface area contributed by atoms with Crippen molar-refractivity contribution in [3.8, 4) is 0 Å². The third-order valence-electron chi connectivity index (χ3n) is 5.15. The number of hydrogen-bond acceptors (Lipinski definition) is 1. The summed E-state index contributed by atoms with van der Waals surface area (Å²) >= 11 is 0. The first kappa shape index (κ1) is 14.4. The lowest BCUT2D eigenvalue weighted by molar-refractivity contribution is -0.0808. The van der Waals surface area contributed by atoms with Gasteiger partial charge >= 0.3 is 0 Å². The lowest BCUT2D eigenvalue weighted by Crippen LogP contribution is -2.50. The highest BCUT2D eigenvalue weighted by molar-refractivity contribution is 5.27. The van der Waals surface area contributed by atoms with Crippen LogP contribution in [-0.4, -0.2) is 12.5 Å². The van der Waals surface area contributed by atoms with Crippen LogP contribution in [0.5, 0.6) is 0 Å². The Morgan fingerprint density at radius 1 is 1.05 bits per heavy atom. The van der Waals surface area contributed by atoms with Gasteiger partial charge in [0.15, 0.2) is 0 Å². The molecule has 106 valence electrons. The minimum Gasteiger partial charge on any atom is -0.330 e. The summed E-state index contributed by atoms with van der Waals surface area (Å²) in [6.07, 6.45) is 0.914.